The fourth-order valence-electron chi connectivity index (χ4n) is 2.66. The summed E-state index contributed by atoms with van der Waals surface area (Å²) in [5.74, 6) is -0.0313. The SMILES string of the molecule is O=C(N/N=C\c1ccc(Br)o1)[C@H]1CCCN1S(=O)(=O)c1ccc(Cl)cc1. The molecule has 2 aromatic rings. The molecule has 1 aliphatic rings. The van der Waals surface area contributed by atoms with Gasteiger partial charge in [0.15, 0.2) is 4.67 Å². The van der Waals surface area contributed by atoms with Gasteiger partial charge in [0.1, 0.15) is 11.8 Å². The molecule has 10 heteroatoms. The standard InChI is InChI=1S/C16H15BrClN3O4S/c17-15-8-5-12(25-15)10-19-20-16(22)14-2-1-9-21(14)26(23,24)13-6-3-11(18)4-7-13/h3-8,10,14H,1-2,9H2,(H,20,22)/b19-10-/t14-/m1/s1. The minimum Gasteiger partial charge on any atom is -0.448 e. The summed E-state index contributed by atoms with van der Waals surface area (Å²) in [4.78, 5) is 12.5. The van der Waals surface area contributed by atoms with E-state index >= 15 is 0 Å². The van der Waals surface area contributed by atoms with E-state index in [2.05, 4.69) is 26.5 Å². The van der Waals surface area contributed by atoms with Crippen molar-refractivity contribution in [3.63, 3.8) is 0 Å². The van der Waals surface area contributed by atoms with Gasteiger partial charge in [0.2, 0.25) is 10.0 Å². The van der Waals surface area contributed by atoms with Gasteiger partial charge in [-0.3, -0.25) is 4.79 Å². The first-order valence-corrected chi connectivity index (χ1v) is 10.3. The number of furan rings is 1. The Labute approximate surface area is 164 Å². The van der Waals surface area contributed by atoms with E-state index in [4.69, 9.17) is 16.0 Å². The number of nitrogens with zero attached hydrogens (tertiary/aromatic N) is 2. The van der Waals surface area contributed by atoms with Crippen LogP contribution in [-0.4, -0.2) is 37.4 Å². The quantitative estimate of drug-likeness (QED) is 0.548. The highest BCUT2D eigenvalue weighted by molar-refractivity contribution is 9.10. The van der Waals surface area contributed by atoms with Crippen LogP contribution in [-0.2, 0) is 14.8 Å². The highest BCUT2D eigenvalue weighted by Gasteiger charge is 2.39. The molecule has 1 aromatic carbocycles. The molecule has 0 spiro atoms. The molecule has 26 heavy (non-hydrogen) atoms. The number of sulfonamides is 1. The number of hydrazone groups is 1. The summed E-state index contributed by atoms with van der Waals surface area (Å²) in [5, 5.41) is 4.27. The molecule has 0 bridgehead atoms. The number of hydrogen-bond donors (Lipinski definition) is 1. The number of rotatable bonds is 5. The molecular formula is C16H15BrClN3O4S. The molecular weight excluding hydrogens is 446 g/mol. The largest absolute Gasteiger partial charge is 0.448 e. The van der Waals surface area contributed by atoms with E-state index in [0.717, 1.165) is 0 Å². The van der Waals surface area contributed by atoms with Crippen LogP contribution < -0.4 is 5.43 Å². The van der Waals surface area contributed by atoms with E-state index in [-0.39, 0.29) is 11.4 Å². The van der Waals surface area contributed by atoms with Crippen molar-refractivity contribution in [3.05, 3.63) is 51.9 Å². The third kappa shape index (κ3) is 4.17. The van der Waals surface area contributed by atoms with Crippen molar-refractivity contribution in [2.45, 2.75) is 23.8 Å². The molecule has 0 unspecified atom stereocenters. The maximum Gasteiger partial charge on any atom is 0.258 e. The third-order valence-electron chi connectivity index (χ3n) is 3.89. The van der Waals surface area contributed by atoms with Crippen LogP contribution in [0.1, 0.15) is 18.6 Å². The number of benzene rings is 1. The minimum absolute atomic E-state index is 0.102. The molecule has 1 N–H and O–H groups in total. The van der Waals surface area contributed by atoms with E-state index < -0.39 is 22.0 Å². The number of halogens is 2. The lowest BCUT2D eigenvalue weighted by molar-refractivity contribution is -0.124. The molecule has 1 atom stereocenters. The Morgan fingerprint density at radius 2 is 2.04 bits per heavy atom. The Balaban J connectivity index is 1.71. The van der Waals surface area contributed by atoms with Crippen molar-refractivity contribution in [3.8, 4) is 0 Å². The molecule has 1 fully saturated rings. The molecule has 1 amide bonds. The molecule has 138 valence electrons. The van der Waals surface area contributed by atoms with Crippen LogP contribution in [0.5, 0.6) is 0 Å². The van der Waals surface area contributed by atoms with E-state index in [1.54, 1.807) is 12.1 Å². The Morgan fingerprint density at radius 1 is 1.31 bits per heavy atom. The molecule has 0 radical (unpaired) electrons. The zero-order valence-corrected chi connectivity index (χ0v) is 16.6. The van der Waals surface area contributed by atoms with E-state index in [1.807, 2.05) is 0 Å². The van der Waals surface area contributed by atoms with Gasteiger partial charge in [0, 0.05) is 11.6 Å². The first-order chi connectivity index (χ1) is 12.4. The summed E-state index contributed by atoms with van der Waals surface area (Å²) in [6, 6.07) is 8.43. The summed E-state index contributed by atoms with van der Waals surface area (Å²) in [7, 11) is -3.79. The van der Waals surface area contributed by atoms with Crippen LogP contribution in [0.3, 0.4) is 0 Å². The van der Waals surface area contributed by atoms with E-state index in [9.17, 15) is 13.2 Å². The van der Waals surface area contributed by atoms with Gasteiger partial charge in [0.05, 0.1) is 11.1 Å². The van der Waals surface area contributed by atoms with Crippen LogP contribution in [0.2, 0.25) is 5.02 Å². The van der Waals surface area contributed by atoms with Gasteiger partial charge in [-0.25, -0.2) is 13.8 Å². The Morgan fingerprint density at radius 3 is 2.69 bits per heavy atom. The molecule has 1 aromatic heterocycles. The second kappa shape index (κ2) is 7.91. The molecule has 7 nitrogen and oxygen atoms in total. The van der Waals surface area contributed by atoms with Crippen molar-refractivity contribution < 1.29 is 17.6 Å². The highest BCUT2D eigenvalue weighted by Crippen LogP contribution is 2.27. The summed E-state index contributed by atoms with van der Waals surface area (Å²) in [5.41, 5.74) is 2.37. The zero-order chi connectivity index (χ0) is 18.7. The van der Waals surface area contributed by atoms with Crippen LogP contribution in [0.25, 0.3) is 0 Å². The number of amides is 1. The van der Waals surface area contributed by atoms with Crippen LogP contribution >= 0.6 is 27.5 Å². The summed E-state index contributed by atoms with van der Waals surface area (Å²) in [6.45, 7) is 0.276. The van der Waals surface area contributed by atoms with Crippen molar-refractivity contribution in [1.29, 1.82) is 0 Å². The van der Waals surface area contributed by atoms with Crippen molar-refractivity contribution in [2.24, 2.45) is 5.10 Å². The molecule has 1 aliphatic heterocycles. The number of nitrogens with one attached hydrogen (secondary N) is 1. The maximum absolute atomic E-state index is 12.8. The number of hydrogen-bond acceptors (Lipinski definition) is 5. The van der Waals surface area contributed by atoms with Crippen LogP contribution in [0, 0.1) is 0 Å². The Bertz CT molecular complexity index is 927. The maximum atomic E-state index is 12.8. The van der Waals surface area contributed by atoms with Gasteiger partial charge in [-0.2, -0.15) is 9.41 Å². The Hall–Kier alpha value is -1.68. The van der Waals surface area contributed by atoms with Gasteiger partial charge in [0.25, 0.3) is 5.91 Å². The summed E-state index contributed by atoms with van der Waals surface area (Å²) in [6.07, 6.45) is 2.37. The monoisotopic (exact) mass is 459 g/mol. The average Bonchev–Trinajstić information content (AvgIpc) is 3.24. The lowest BCUT2D eigenvalue weighted by Gasteiger charge is -2.22. The Kier molecular flexibility index (Phi) is 5.81. The van der Waals surface area contributed by atoms with Crippen molar-refractivity contribution >= 4 is 49.7 Å². The predicted molar refractivity (Wildman–Crippen MR) is 101 cm³/mol. The molecule has 0 saturated carbocycles. The average molecular weight is 461 g/mol. The normalized spacial score (nSPS) is 18.5. The van der Waals surface area contributed by atoms with Gasteiger partial charge in [-0.1, -0.05) is 11.6 Å². The molecule has 3 rings (SSSR count). The molecule has 2 heterocycles. The van der Waals surface area contributed by atoms with E-state index in [0.29, 0.717) is 28.3 Å². The van der Waals surface area contributed by atoms with Crippen molar-refractivity contribution in [1.82, 2.24) is 9.73 Å². The lowest BCUT2D eigenvalue weighted by atomic mass is 10.2. The zero-order valence-electron chi connectivity index (χ0n) is 13.4. The number of carbonyl (C=O) groups excluding carboxylic acids is 1. The van der Waals surface area contributed by atoms with E-state index in [1.165, 1.54) is 34.8 Å². The van der Waals surface area contributed by atoms with Gasteiger partial charge >= 0.3 is 0 Å². The van der Waals surface area contributed by atoms with Crippen LogP contribution in [0.15, 0.2) is 55.5 Å². The van der Waals surface area contributed by atoms with Crippen molar-refractivity contribution in [2.75, 3.05) is 6.54 Å². The predicted octanol–water partition coefficient (Wildman–Crippen LogP) is 3.00. The smallest absolute Gasteiger partial charge is 0.258 e. The van der Waals surface area contributed by atoms with Gasteiger partial charge < -0.3 is 4.42 Å². The first kappa shape index (κ1) is 19.1. The number of carbonyl (C=O) groups is 1. The van der Waals surface area contributed by atoms with Crippen LogP contribution in [0.4, 0.5) is 0 Å². The van der Waals surface area contributed by atoms with Gasteiger partial charge in [-0.15, -0.1) is 0 Å². The highest BCUT2D eigenvalue weighted by atomic mass is 79.9. The second-order valence-electron chi connectivity index (χ2n) is 5.60. The molecule has 1 saturated heterocycles. The summed E-state index contributed by atoms with van der Waals surface area (Å²) >= 11 is 8.98. The third-order valence-corrected chi connectivity index (χ3v) is 6.49. The fourth-order valence-corrected chi connectivity index (χ4v) is 4.77. The fraction of sp³-hybridized carbons (Fsp3) is 0.250. The summed E-state index contributed by atoms with van der Waals surface area (Å²) < 4.78 is 32.6. The minimum atomic E-state index is -3.79. The topological polar surface area (TPSA) is 92.0 Å². The first-order valence-electron chi connectivity index (χ1n) is 7.73. The van der Waals surface area contributed by atoms with Gasteiger partial charge in [-0.05, 0) is 65.2 Å². The lowest BCUT2D eigenvalue weighted by Crippen LogP contribution is -2.44. The molecule has 0 aliphatic carbocycles. The second-order valence-corrected chi connectivity index (χ2v) is 8.71.